The highest BCUT2D eigenvalue weighted by molar-refractivity contribution is 5.77. The van der Waals surface area contributed by atoms with E-state index in [1.165, 1.54) is 5.57 Å². The quantitative estimate of drug-likeness (QED) is 0.787. The molecule has 0 spiro atoms. The van der Waals surface area contributed by atoms with Gasteiger partial charge < -0.3 is 11.5 Å². The number of anilines is 1. The molecule has 0 bridgehead atoms. The second kappa shape index (κ2) is 5.69. The van der Waals surface area contributed by atoms with Gasteiger partial charge in [-0.25, -0.2) is 0 Å². The van der Waals surface area contributed by atoms with Crippen molar-refractivity contribution in [2.24, 2.45) is 5.73 Å². The molecule has 0 atom stereocenters. The van der Waals surface area contributed by atoms with Crippen molar-refractivity contribution in [1.82, 2.24) is 4.90 Å². The summed E-state index contributed by atoms with van der Waals surface area (Å²) in [6.45, 7) is 2.06. The van der Waals surface area contributed by atoms with E-state index in [9.17, 15) is 4.79 Å². The summed E-state index contributed by atoms with van der Waals surface area (Å²) in [6, 6.07) is 7.90. The molecule has 1 heterocycles. The largest absolute Gasteiger partial charge is 0.398 e. The zero-order valence-corrected chi connectivity index (χ0v) is 10.4. The first kappa shape index (κ1) is 12.6. The summed E-state index contributed by atoms with van der Waals surface area (Å²) >= 11 is 0. The third-order valence-corrected chi connectivity index (χ3v) is 3.22. The van der Waals surface area contributed by atoms with Crippen molar-refractivity contribution in [2.45, 2.75) is 12.8 Å². The van der Waals surface area contributed by atoms with Crippen LogP contribution in [0.5, 0.6) is 0 Å². The molecule has 96 valence electrons. The molecule has 1 amide bonds. The fraction of sp³-hybridized carbons (Fsp3) is 0.357. The highest BCUT2D eigenvalue weighted by Crippen LogP contribution is 2.26. The molecule has 4 N–H and O–H groups in total. The monoisotopic (exact) mass is 245 g/mol. The smallest absolute Gasteiger partial charge is 0.231 e. The van der Waals surface area contributed by atoms with Crippen molar-refractivity contribution in [3.8, 4) is 0 Å². The van der Waals surface area contributed by atoms with Crippen LogP contribution in [0, 0.1) is 0 Å². The number of primary amides is 1. The maximum atomic E-state index is 10.9. The average Bonchev–Trinajstić information content (AvgIpc) is 2.55. The molecule has 1 aromatic carbocycles. The second-order valence-corrected chi connectivity index (χ2v) is 4.60. The van der Waals surface area contributed by atoms with Gasteiger partial charge in [-0.2, -0.15) is 0 Å². The number of para-hydroxylation sites is 1. The Hall–Kier alpha value is -1.81. The lowest BCUT2D eigenvalue weighted by Gasteiger charge is -2.17. The summed E-state index contributed by atoms with van der Waals surface area (Å²) in [5, 5.41) is 0. The summed E-state index contributed by atoms with van der Waals surface area (Å²) < 4.78 is 0. The van der Waals surface area contributed by atoms with E-state index < -0.39 is 0 Å². The molecule has 0 aliphatic carbocycles. The van der Waals surface area contributed by atoms with Crippen LogP contribution in [-0.2, 0) is 4.79 Å². The molecule has 1 aliphatic heterocycles. The summed E-state index contributed by atoms with van der Waals surface area (Å²) in [6.07, 6.45) is 4.05. The van der Waals surface area contributed by atoms with E-state index in [-0.39, 0.29) is 5.91 Å². The molecule has 2 rings (SSSR count). The molecule has 4 nitrogen and oxygen atoms in total. The Labute approximate surface area is 107 Å². The Morgan fingerprint density at radius 1 is 1.28 bits per heavy atom. The van der Waals surface area contributed by atoms with Crippen LogP contribution >= 0.6 is 0 Å². The third-order valence-electron chi connectivity index (χ3n) is 3.22. The molecule has 1 aliphatic rings. The van der Waals surface area contributed by atoms with Crippen LogP contribution < -0.4 is 11.5 Å². The number of hydrogen-bond acceptors (Lipinski definition) is 3. The number of carbonyl (C=O) groups excluding carboxylic acids is 1. The maximum Gasteiger partial charge on any atom is 0.231 e. The Balaban J connectivity index is 2.07. The zero-order valence-electron chi connectivity index (χ0n) is 10.4. The fourth-order valence-electron chi connectivity index (χ4n) is 2.33. The minimum atomic E-state index is -0.266. The lowest BCUT2D eigenvalue weighted by Crippen LogP contribution is -2.34. The number of nitrogens with two attached hydrogens (primary N) is 2. The van der Waals surface area contributed by atoms with Crippen molar-refractivity contribution in [3.05, 3.63) is 35.9 Å². The number of amides is 1. The number of nitrogens with zero attached hydrogens (tertiary/aromatic N) is 1. The van der Waals surface area contributed by atoms with Crippen molar-refractivity contribution < 1.29 is 4.79 Å². The first-order valence-corrected chi connectivity index (χ1v) is 6.21. The van der Waals surface area contributed by atoms with Crippen LogP contribution in [0.1, 0.15) is 18.4 Å². The van der Waals surface area contributed by atoms with Gasteiger partial charge in [0.15, 0.2) is 0 Å². The molecule has 1 aromatic rings. The topological polar surface area (TPSA) is 72.4 Å². The van der Waals surface area contributed by atoms with Crippen molar-refractivity contribution in [1.29, 1.82) is 0 Å². The number of nitrogen functional groups attached to an aromatic ring is 1. The predicted molar refractivity (Wildman–Crippen MR) is 73.7 cm³/mol. The lowest BCUT2D eigenvalue weighted by molar-refractivity contribution is -0.119. The van der Waals surface area contributed by atoms with E-state index >= 15 is 0 Å². The SMILES string of the molecule is NC(=O)CN1CCC=C(c2ccccc2N)CC1. The Morgan fingerprint density at radius 3 is 2.78 bits per heavy atom. The summed E-state index contributed by atoms with van der Waals surface area (Å²) in [5.41, 5.74) is 14.4. The lowest BCUT2D eigenvalue weighted by atomic mass is 10.0. The van der Waals surface area contributed by atoms with E-state index in [2.05, 4.69) is 11.0 Å². The van der Waals surface area contributed by atoms with Crippen LogP contribution in [0.15, 0.2) is 30.3 Å². The van der Waals surface area contributed by atoms with Crippen molar-refractivity contribution >= 4 is 17.2 Å². The molecule has 0 saturated heterocycles. The fourth-order valence-corrected chi connectivity index (χ4v) is 2.33. The minimum absolute atomic E-state index is 0.266. The van der Waals surface area contributed by atoms with E-state index in [4.69, 9.17) is 11.5 Å². The predicted octanol–water partition coefficient (Wildman–Crippen LogP) is 1.23. The molecule has 18 heavy (non-hydrogen) atoms. The van der Waals surface area contributed by atoms with Crippen LogP contribution in [0.4, 0.5) is 5.69 Å². The van der Waals surface area contributed by atoms with Gasteiger partial charge in [0.05, 0.1) is 6.54 Å². The molecule has 0 saturated carbocycles. The number of rotatable bonds is 3. The van der Waals surface area contributed by atoms with Crippen LogP contribution in [0.3, 0.4) is 0 Å². The van der Waals surface area contributed by atoms with Gasteiger partial charge in [-0.15, -0.1) is 0 Å². The summed E-state index contributed by atoms with van der Waals surface area (Å²) in [5.74, 6) is -0.266. The minimum Gasteiger partial charge on any atom is -0.398 e. The Bertz CT molecular complexity index is 468. The maximum absolute atomic E-state index is 10.9. The van der Waals surface area contributed by atoms with Gasteiger partial charge in [-0.1, -0.05) is 24.3 Å². The van der Waals surface area contributed by atoms with Gasteiger partial charge in [-0.05, 0) is 24.5 Å². The molecule has 0 fully saturated rings. The molecule has 0 radical (unpaired) electrons. The van der Waals surface area contributed by atoms with Gasteiger partial charge in [0, 0.05) is 24.3 Å². The summed E-state index contributed by atoms with van der Waals surface area (Å²) in [4.78, 5) is 13.0. The first-order valence-electron chi connectivity index (χ1n) is 6.21. The zero-order chi connectivity index (χ0) is 13.0. The van der Waals surface area contributed by atoms with Crippen LogP contribution in [0.25, 0.3) is 5.57 Å². The van der Waals surface area contributed by atoms with Crippen molar-refractivity contribution in [2.75, 3.05) is 25.4 Å². The number of hydrogen-bond donors (Lipinski definition) is 2. The second-order valence-electron chi connectivity index (χ2n) is 4.60. The molecular formula is C14H19N3O. The van der Waals surface area contributed by atoms with Gasteiger partial charge in [0.1, 0.15) is 0 Å². The van der Waals surface area contributed by atoms with Gasteiger partial charge in [0.2, 0.25) is 5.91 Å². The van der Waals surface area contributed by atoms with Gasteiger partial charge in [0.25, 0.3) is 0 Å². The first-order chi connectivity index (χ1) is 8.66. The standard InChI is InChI=1S/C14H19N3O/c15-13-6-2-1-5-12(13)11-4-3-8-17(9-7-11)10-14(16)18/h1-2,4-6H,3,7-10,15H2,(H2,16,18). The molecule has 4 heteroatoms. The summed E-state index contributed by atoms with van der Waals surface area (Å²) in [7, 11) is 0. The van der Waals surface area contributed by atoms with Crippen LogP contribution in [0.2, 0.25) is 0 Å². The van der Waals surface area contributed by atoms with E-state index in [1.54, 1.807) is 0 Å². The van der Waals surface area contributed by atoms with E-state index in [1.807, 2.05) is 24.3 Å². The molecular weight excluding hydrogens is 226 g/mol. The molecule has 0 aromatic heterocycles. The van der Waals surface area contributed by atoms with Crippen molar-refractivity contribution in [3.63, 3.8) is 0 Å². The molecule has 0 unspecified atom stereocenters. The van der Waals surface area contributed by atoms with E-state index in [0.717, 1.165) is 37.2 Å². The highest BCUT2D eigenvalue weighted by atomic mass is 16.1. The Morgan fingerprint density at radius 2 is 2.06 bits per heavy atom. The number of carbonyl (C=O) groups is 1. The number of benzene rings is 1. The Kier molecular flexibility index (Phi) is 3.99. The normalized spacial score (nSPS) is 17.0. The van der Waals surface area contributed by atoms with Gasteiger partial charge in [-0.3, -0.25) is 9.69 Å². The highest BCUT2D eigenvalue weighted by Gasteiger charge is 2.14. The average molecular weight is 245 g/mol. The third kappa shape index (κ3) is 3.11. The van der Waals surface area contributed by atoms with Gasteiger partial charge >= 0.3 is 0 Å². The van der Waals surface area contributed by atoms with E-state index in [0.29, 0.717) is 6.54 Å². The van der Waals surface area contributed by atoms with Crippen LogP contribution in [-0.4, -0.2) is 30.4 Å².